The Kier molecular flexibility index (Phi) is 3.22. The predicted octanol–water partition coefficient (Wildman–Crippen LogP) is 3.05. The first-order chi connectivity index (χ1) is 12.7. The fraction of sp³-hybridized carbons (Fsp3) is 0.300. The van der Waals surface area contributed by atoms with Crippen LogP contribution in [0.4, 0.5) is 5.69 Å². The van der Waals surface area contributed by atoms with Gasteiger partial charge in [-0.3, -0.25) is 4.79 Å². The summed E-state index contributed by atoms with van der Waals surface area (Å²) in [5.74, 6) is 1.31. The third-order valence-electron chi connectivity index (χ3n) is 5.61. The van der Waals surface area contributed by atoms with Crippen molar-refractivity contribution in [3.8, 4) is 5.82 Å². The van der Waals surface area contributed by atoms with Crippen LogP contribution in [-0.2, 0) is 5.54 Å². The number of amides is 1. The van der Waals surface area contributed by atoms with Crippen LogP contribution in [0.1, 0.15) is 29.6 Å². The SMILES string of the molecule is CCN1c2cccnc2-n2cccc2[C@]12CCN(C(=O)c1ccco1)C2. The van der Waals surface area contributed by atoms with E-state index in [4.69, 9.17) is 4.42 Å². The standard InChI is InChI=1S/C20H20N4O2/c1-2-24-15-6-3-10-21-18(15)23-11-4-8-17(23)20(24)9-12-22(14-20)19(25)16-7-5-13-26-16/h3-8,10-11,13H,2,9,12,14H2,1H3/t20-/m1/s1. The van der Waals surface area contributed by atoms with Gasteiger partial charge in [-0.2, -0.15) is 0 Å². The molecule has 1 saturated heterocycles. The normalized spacial score (nSPS) is 21.1. The third kappa shape index (κ3) is 1.92. The summed E-state index contributed by atoms with van der Waals surface area (Å²) in [6, 6.07) is 11.8. The van der Waals surface area contributed by atoms with Crippen LogP contribution >= 0.6 is 0 Å². The topological polar surface area (TPSA) is 54.5 Å². The number of hydrogen-bond donors (Lipinski definition) is 0. The Labute approximate surface area is 151 Å². The fourth-order valence-electron chi connectivity index (χ4n) is 4.52. The van der Waals surface area contributed by atoms with Gasteiger partial charge in [0.15, 0.2) is 11.6 Å². The quantitative estimate of drug-likeness (QED) is 0.714. The molecule has 3 aromatic rings. The van der Waals surface area contributed by atoms with Crippen LogP contribution in [0.15, 0.2) is 59.5 Å². The molecule has 1 amide bonds. The van der Waals surface area contributed by atoms with Gasteiger partial charge < -0.3 is 18.8 Å². The van der Waals surface area contributed by atoms with Gasteiger partial charge in [0.25, 0.3) is 5.91 Å². The lowest BCUT2D eigenvalue weighted by Crippen LogP contribution is -2.52. The number of aromatic nitrogens is 2. The van der Waals surface area contributed by atoms with Crippen molar-refractivity contribution >= 4 is 11.6 Å². The highest BCUT2D eigenvalue weighted by Gasteiger charge is 2.50. The first-order valence-corrected chi connectivity index (χ1v) is 8.98. The van der Waals surface area contributed by atoms with Crippen LogP contribution < -0.4 is 4.90 Å². The summed E-state index contributed by atoms with van der Waals surface area (Å²) in [5, 5.41) is 0. The van der Waals surface area contributed by atoms with Crippen LogP contribution in [0, 0.1) is 0 Å². The Bertz CT molecular complexity index is 962. The molecule has 1 fully saturated rings. The van der Waals surface area contributed by atoms with Crippen LogP contribution in [0.25, 0.3) is 5.82 Å². The third-order valence-corrected chi connectivity index (χ3v) is 5.61. The van der Waals surface area contributed by atoms with Crippen molar-refractivity contribution in [3.63, 3.8) is 0 Å². The zero-order valence-electron chi connectivity index (χ0n) is 14.6. The molecule has 0 unspecified atom stereocenters. The summed E-state index contributed by atoms with van der Waals surface area (Å²) < 4.78 is 7.50. The number of hydrogen-bond acceptors (Lipinski definition) is 4. The molecule has 0 N–H and O–H groups in total. The molecule has 0 aliphatic carbocycles. The van der Waals surface area contributed by atoms with Crippen molar-refractivity contribution in [2.75, 3.05) is 24.5 Å². The Morgan fingerprint density at radius 3 is 3.00 bits per heavy atom. The van der Waals surface area contributed by atoms with Gasteiger partial charge in [-0.1, -0.05) is 0 Å². The maximum atomic E-state index is 12.8. The first-order valence-electron chi connectivity index (χ1n) is 8.98. The van der Waals surface area contributed by atoms with Gasteiger partial charge in [0.1, 0.15) is 5.54 Å². The molecule has 2 aliphatic rings. The Balaban J connectivity index is 1.60. The highest BCUT2D eigenvalue weighted by atomic mass is 16.3. The van der Waals surface area contributed by atoms with Crippen LogP contribution in [0.3, 0.4) is 0 Å². The first kappa shape index (κ1) is 15.3. The lowest BCUT2D eigenvalue weighted by molar-refractivity contribution is 0.0750. The lowest BCUT2D eigenvalue weighted by Gasteiger charge is -2.46. The maximum Gasteiger partial charge on any atom is 0.289 e. The van der Waals surface area contributed by atoms with Gasteiger partial charge >= 0.3 is 0 Å². The summed E-state index contributed by atoms with van der Waals surface area (Å²) in [6.45, 7) is 4.36. The number of likely N-dealkylation sites (N-methyl/N-ethyl adjacent to an activating group) is 1. The summed E-state index contributed by atoms with van der Waals surface area (Å²) >= 11 is 0. The molecule has 1 spiro atoms. The Hall–Kier alpha value is -3.02. The molecule has 0 saturated carbocycles. The second kappa shape index (κ2) is 5.49. The molecular weight excluding hydrogens is 328 g/mol. The molecule has 3 aromatic heterocycles. The molecule has 5 rings (SSSR count). The van der Waals surface area contributed by atoms with E-state index in [-0.39, 0.29) is 11.4 Å². The zero-order valence-corrected chi connectivity index (χ0v) is 14.6. The van der Waals surface area contributed by atoms with Crippen molar-refractivity contribution in [3.05, 3.63) is 66.5 Å². The molecule has 2 aliphatic heterocycles. The number of furan rings is 1. The fourth-order valence-corrected chi connectivity index (χ4v) is 4.52. The smallest absolute Gasteiger partial charge is 0.289 e. The van der Waals surface area contributed by atoms with Crippen molar-refractivity contribution < 1.29 is 9.21 Å². The average Bonchev–Trinajstić information content (AvgIpc) is 3.42. The molecule has 0 aromatic carbocycles. The number of fused-ring (bicyclic) bond motifs is 4. The van der Waals surface area contributed by atoms with E-state index >= 15 is 0 Å². The van der Waals surface area contributed by atoms with Crippen LogP contribution in [-0.4, -0.2) is 40.0 Å². The Morgan fingerprint density at radius 2 is 2.19 bits per heavy atom. The van der Waals surface area contributed by atoms with Crippen molar-refractivity contribution in [2.45, 2.75) is 18.9 Å². The molecular formula is C20H20N4O2. The minimum Gasteiger partial charge on any atom is -0.459 e. The van der Waals surface area contributed by atoms with E-state index in [2.05, 4.69) is 45.8 Å². The maximum absolute atomic E-state index is 12.8. The number of anilines is 1. The summed E-state index contributed by atoms with van der Waals surface area (Å²) in [6.07, 6.45) is 6.32. The van der Waals surface area contributed by atoms with E-state index in [1.807, 2.05) is 17.2 Å². The van der Waals surface area contributed by atoms with Gasteiger partial charge in [-0.25, -0.2) is 4.98 Å². The molecule has 132 valence electrons. The average molecular weight is 348 g/mol. The molecule has 6 heteroatoms. The van der Waals surface area contributed by atoms with Crippen molar-refractivity contribution in [1.29, 1.82) is 0 Å². The molecule has 5 heterocycles. The van der Waals surface area contributed by atoms with E-state index in [1.165, 1.54) is 5.69 Å². The highest BCUT2D eigenvalue weighted by Crippen LogP contribution is 2.46. The van der Waals surface area contributed by atoms with Crippen molar-refractivity contribution in [1.82, 2.24) is 14.5 Å². The van der Waals surface area contributed by atoms with Gasteiger partial charge in [-0.15, -0.1) is 0 Å². The predicted molar refractivity (Wildman–Crippen MR) is 97.5 cm³/mol. The summed E-state index contributed by atoms with van der Waals surface area (Å²) in [5.41, 5.74) is 2.07. The summed E-state index contributed by atoms with van der Waals surface area (Å²) in [7, 11) is 0. The number of nitrogens with zero attached hydrogens (tertiary/aromatic N) is 4. The minimum atomic E-state index is -0.240. The highest BCUT2D eigenvalue weighted by molar-refractivity contribution is 5.92. The summed E-state index contributed by atoms with van der Waals surface area (Å²) in [4.78, 5) is 21.7. The largest absolute Gasteiger partial charge is 0.459 e. The van der Waals surface area contributed by atoms with Gasteiger partial charge in [0, 0.05) is 25.5 Å². The molecule has 6 nitrogen and oxygen atoms in total. The van der Waals surface area contributed by atoms with E-state index in [0.717, 1.165) is 24.5 Å². The van der Waals surface area contributed by atoms with Gasteiger partial charge in [0.05, 0.1) is 24.2 Å². The number of carbonyl (C=O) groups excluding carboxylic acids is 1. The van der Waals surface area contributed by atoms with E-state index < -0.39 is 0 Å². The zero-order chi connectivity index (χ0) is 17.7. The van der Waals surface area contributed by atoms with Gasteiger partial charge in [0.2, 0.25) is 0 Å². The second-order valence-electron chi connectivity index (χ2n) is 6.84. The molecule has 1 atom stereocenters. The number of pyridine rings is 1. The Morgan fingerprint density at radius 1 is 1.27 bits per heavy atom. The van der Waals surface area contributed by atoms with Crippen LogP contribution in [0.5, 0.6) is 0 Å². The number of rotatable bonds is 2. The monoisotopic (exact) mass is 348 g/mol. The number of carbonyl (C=O) groups is 1. The van der Waals surface area contributed by atoms with Gasteiger partial charge in [-0.05, 0) is 49.7 Å². The van der Waals surface area contributed by atoms with E-state index in [1.54, 1.807) is 18.4 Å². The van der Waals surface area contributed by atoms with E-state index in [0.29, 0.717) is 18.8 Å². The molecule has 0 radical (unpaired) electrons. The minimum absolute atomic E-state index is 0.0435. The second-order valence-corrected chi connectivity index (χ2v) is 6.84. The number of likely N-dealkylation sites (tertiary alicyclic amines) is 1. The van der Waals surface area contributed by atoms with Crippen LogP contribution in [0.2, 0.25) is 0 Å². The molecule has 0 bridgehead atoms. The van der Waals surface area contributed by atoms with Crippen molar-refractivity contribution in [2.24, 2.45) is 0 Å². The molecule has 26 heavy (non-hydrogen) atoms. The lowest BCUT2D eigenvalue weighted by atomic mass is 9.89. The van der Waals surface area contributed by atoms with E-state index in [9.17, 15) is 4.79 Å².